The molecule has 0 aromatic heterocycles. The lowest BCUT2D eigenvalue weighted by molar-refractivity contribution is -0.137. The van der Waals surface area contributed by atoms with Crippen molar-refractivity contribution in [1.29, 1.82) is 0 Å². The van der Waals surface area contributed by atoms with Crippen molar-refractivity contribution in [3.63, 3.8) is 0 Å². The van der Waals surface area contributed by atoms with Crippen LogP contribution in [0.2, 0.25) is 0 Å². The zero-order valence-electron chi connectivity index (χ0n) is 12.5. The van der Waals surface area contributed by atoms with Crippen LogP contribution in [-0.4, -0.2) is 40.6 Å². The summed E-state index contributed by atoms with van der Waals surface area (Å²) in [6, 6.07) is 0.144. The predicted octanol–water partition coefficient (Wildman–Crippen LogP) is 2.46. The Morgan fingerprint density at radius 2 is 1.85 bits per heavy atom. The minimum absolute atomic E-state index is 0.132. The number of aliphatic carboxylic acids is 1. The van der Waals surface area contributed by atoms with E-state index in [0.29, 0.717) is 11.8 Å². The number of amides is 2. The molecule has 0 spiro atoms. The lowest BCUT2D eigenvalue weighted by Crippen LogP contribution is -2.51. The number of carbonyl (C=O) groups excluding carboxylic acids is 1. The van der Waals surface area contributed by atoms with Gasteiger partial charge in [-0.05, 0) is 37.5 Å². The van der Waals surface area contributed by atoms with Crippen LogP contribution in [0, 0.1) is 11.8 Å². The zero-order chi connectivity index (χ0) is 14.7. The molecule has 0 aliphatic heterocycles. The normalized spacial score (nSPS) is 26.4. The molecule has 5 nitrogen and oxygen atoms in total. The van der Waals surface area contributed by atoms with E-state index in [9.17, 15) is 9.59 Å². The van der Waals surface area contributed by atoms with Crippen molar-refractivity contribution in [3.05, 3.63) is 0 Å². The lowest BCUT2D eigenvalue weighted by Gasteiger charge is -2.36. The molecular formula is C15H26N2O3. The molecule has 2 rings (SSSR count). The van der Waals surface area contributed by atoms with Gasteiger partial charge in [0.25, 0.3) is 0 Å². The van der Waals surface area contributed by atoms with Gasteiger partial charge in [-0.3, -0.25) is 4.79 Å². The molecule has 2 aliphatic carbocycles. The van der Waals surface area contributed by atoms with Crippen LogP contribution in [0.1, 0.15) is 52.4 Å². The van der Waals surface area contributed by atoms with Gasteiger partial charge in [0, 0.05) is 12.1 Å². The Bertz CT molecular complexity index is 366. The van der Waals surface area contributed by atoms with Gasteiger partial charge in [-0.2, -0.15) is 0 Å². The Balaban J connectivity index is 1.95. The van der Waals surface area contributed by atoms with Gasteiger partial charge in [0.05, 0.1) is 0 Å². The smallest absolute Gasteiger partial charge is 0.323 e. The zero-order valence-corrected chi connectivity index (χ0v) is 12.5. The number of hydrogen-bond acceptors (Lipinski definition) is 2. The Morgan fingerprint density at radius 3 is 2.40 bits per heavy atom. The van der Waals surface area contributed by atoms with Crippen LogP contribution in [0.5, 0.6) is 0 Å². The van der Waals surface area contributed by atoms with Crippen molar-refractivity contribution in [2.24, 2.45) is 11.8 Å². The molecule has 2 N–H and O–H groups in total. The van der Waals surface area contributed by atoms with E-state index < -0.39 is 5.97 Å². The highest BCUT2D eigenvalue weighted by atomic mass is 16.4. The highest BCUT2D eigenvalue weighted by Crippen LogP contribution is 2.31. The van der Waals surface area contributed by atoms with E-state index in [0.717, 1.165) is 32.1 Å². The molecule has 2 fully saturated rings. The summed E-state index contributed by atoms with van der Waals surface area (Å²) < 4.78 is 0. The van der Waals surface area contributed by atoms with Crippen LogP contribution in [0.4, 0.5) is 4.79 Å². The molecule has 0 aromatic rings. The van der Waals surface area contributed by atoms with Crippen molar-refractivity contribution < 1.29 is 14.7 Å². The van der Waals surface area contributed by atoms with Gasteiger partial charge in [0.15, 0.2) is 0 Å². The molecular weight excluding hydrogens is 256 g/mol. The van der Waals surface area contributed by atoms with Crippen LogP contribution in [0.15, 0.2) is 0 Å². The Kier molecular flexibility index (Phi) is 4.89. The van der Waals surface area contributed by atoms with E-state index in [1.165, 1.54) is 11.3 Å². The summed E-state index contributed by atoms with van der Waals surface area (Å²) in [4.78, 5) is 24.7. The Labute approximate surface area is 120 Å². The molecule has 20 heavy (non-hydrogen) atoms. The number of urea groups is 1. The van der Waals surface area contributed by atoms with Crippen molar-refractivity contribution in [3.8, 4) is 0 Å². The summed E-state index contributed by atoms with van der Waals surface area (Å²) in [5.41, 5.74) is 0. The highest BCUT2D eigenvalue weighted by Gasteiger charge is 2.36. The average Bonchev–Trinajstić information content (AvgIpc) is 3.20. The van der Waals surface area contributed by atoms with Crippen LogP contribution in [0.25, 0.3) is 0 Å². The Morgan fingerprint density at radius 1 is 1.20 bits per heavy atom. The fourth-order valence-corrected chi connectivity index (χ4v) is 3.28. The third-order valence-electron chi connectivity index (χ3n) is 4.54. The standard InChI is InChI=1S/C15H26N2O3/c1-10(2)12-5-3-4-6-13(12)16-15(20)17(9-14(18)19)11-7-8-11/h10-13H,3-9H2,1-2H3,(H,16,20)(H,18,19). The predicted molar refractivity (Wildman–Crippen MR) is 76.5 cm³/mol. The molecule has 0 radical (unpaired) electrons. The number of nitrogens with one attached hydrogen (secondary N) is 1. The molecule has 2 amide bonds. The summed E-state index contributed by atoms with van der Waals surface area (Å²) in [5, 5.41) is 12.0. The van der Waals surface area contributed by atoms with E-state index in [-0.39, 0.29) is 24.7 Å². The van der Waals surface area contributed by atoms with Gasteiger partial charge in [0.1, 0.15) is 6.54 Å². The molecule has 2 aliphatic rings. The van der Waals surface area contributed by atoms with Crippen LogP contribution in [-0.2, 0) is 4.79 Å². The van der Waals surface area contributed by atoms with Gasteiger partial charge in [-0.15, -0.1) is 0 Å². The van der Waals surface area contributed by atoms with E-state index in [1.807, 2.05) is 0 Å². The lowest BCUT2D eigenvalue weighted by atomic mass is 9.78. The summed E-state index contributed by atoms with van der Waals surface area (Å²) in [6.45, 7) is 4.21. The quantitative estimate of drug-likeness (QED) is 0.813. The molecule has 0 saturated heterocycles. The minimum Gasteiger partial charge on any atom is -0.480 e. The van der Waals surface area contributed by atoms with Crippen LogP contribution >= 0.6 is 0 Å². The highest BCUT2D eigenvalue weighted by molar-refractivity contribution is 5.80. The topological polar surface area (TPSA) is 69.6 Å². The van der Waals surface area contributed by atoms with Crippen molar-refractivity contribution >= 4 is 12.0 Å². The average molecular weight is 282 g/mol. The largest absolute Gasteiger partial charge is 0.480 e. The number of nitrogens with zero attached hydrogens (tertiary/aromatic N) is 1. The molecule has 0 bridgehead atoms. The molecule has 0 heterocycles. The van der Waals surface area contributed by atoms with Gasteiger partial charge >= 0.3 is 12.0 Å². The summed E-state index contributed by atoms with van der Waals surface area (Å²) >= 11 is 0. The summed E-state index contributed by atoms with van der Waals surface area (Å²) in [6.07, 6.45) is 6.41. The molecule has 2 atom stereocenters. The van der Waals surface area contributed by atoms with E-state index in [1.54, 1.807) is 0 Å². The fraction of sp³-hybridized carbons (Fsp3) is 0.867. The van der Waals surface area contributed by atoms with Crippen molar-refractivity contribution in [1.82, 2.24) is 10.2 Å². The first kappa shape index (κ1) is 15.1. The molecule has 114 valence electrons. The number of carbonyl (C=O) groups is 2. The van der Waals surface area contributed by atoms with Crippen molar-refractivity contribution in [2.75, 3.05) is 6.54 Å². The Hall–Kier alpha value is -1.26. The second-order valence-corrected chi connectivity index (χ2v) is 6.50. The summed E-state index contributed by atoms with van der Waals surface area (Å²) in [5.74, 6) is 0.129. The molecule has 2 saturated carbocycles. The maximum Gasteiger partial charge on any atom is 0.323 e. The van der Waals surface area contributed by atoms with E-state index >= 15 is 0 Å². The maximum absolute atomic E-state index is 12.3. The van der Waals surface area contributed by atoms with Gasteiger partial charge in [0.2, 0.25) is 0 Å². The van der Waals surface area contributed by atoms with Crippen LogP contribution in [0.3, 0.4) is 0 Å². The van der Waals surface area contributed by atoms with E-state index in [2.05, 4.69) is 19.2 Å². The third kappa shape index (κ3) is 3.87. The first-order chi connectivity index (χ1) is 9.49. The monoisotopic (exact) mass is 282 g/mol. The SMILES string of the molecule is CC(C)C1CCCCC1NC(=O)N(CC(=O)O)C1CC1. The second-order valence-electron chi connectivity index (χ2n) is 6.50. The molecule has 0 aromatic carbocycles. The van der Waals surface area contributed by atoms with Gasteiger partial charge in [-0.1, -0.05) is 26.7 Å². The molecule has 2 unspecified atom stereocenters. The minimum atomic E-state index is -0.934. The first-order valence-electron chi connectivity index (χ1n) is 7.78. The molecule has 5 heteroatoms. The fourth-order valence-electron chi connectivity index (χ4n) is 3.28. The number of rotatable bonds is 5. The van der Waals surface area contributed by atoms with Crippen molar-refractivity contribution in [2.45, 2.75) is 64.5 Å². The second kappa shape index (κ2) is 6.46. The van der Waals surface area contributed by atoms with E-state index in [4.69, 9.17) is 5.11 Å². The number of hydrogen-bond donors (Lipinski definition) is 2. The van der Waals surface area contributed by atoms with Crippen LogP contribution < -0.4 is 5.32 Å². The first-order valence-corrected chi connectivity index (χ1v) is 7.78. The maximum atomic E-state index is 12.3. The van der Waals surface area contributed by atoms with Gasteiger partial charge < -0.3 is 15.3 Å². The number of carboxylic acid groups (broad SMARTS) is 1. The number of carboxylic acids is 1. The summed E-state index contributed by atoms with van der Waals surface area (Å²) in [7, 11) is 0. The third-order valence-corrected chi connectivity index (χ3v) is 4.54. The van der Waals surface area contributed by atoms with Gasteiger partial charge in [-0.25, -0.2) is 4.79 Å².